The third-order valence-corrected chi connectivity index (χ3v) is 3.21. The van der Waals surface area contributed by atoms with E-state index >= 15 is 0 Å². The number of anilines is 1. The smallest absolute Gasteiger partial charge is 0.387 e. The number of benzene rings is 2. The highest BCUT2D eigenvalue weighted by Gasteiger charge is 2.14. The number of rotatable bonds is 8. The first-order valence-electron chi connectivity index (χ1n) is 7.58. The average Bonchev–Trinajstić information content (AvgIpc) is 2.62. The zero-order chi connectivity index (χ0) is 18.9. The second-order valence-corrected chi connectivity index (χ2v) is 5.13. The van der Waals surface area contributed by atoms with E-state index in [4.69, 9.17) is 9.47 Å². The lowest BCUT2D eigenvalue weighted by molar-refractivity contribution is -0.119. The van der Waals surface area contributed by atoms with E-state index in [2.05, 4.69) is 10.1 Å². The molecule has 26 heavy (non-hydrogen) atoms. The Kier molecular flexibility index (Phi) is 7.04. The van der Waals surface area contributed by atoms with Crippen molar-refractivity contribution in [1.29, 1.82) is 0 Å². The van der Waals surface area contributed by atoms with Gasteiger partial charge in [-0.05, 0) is 29.8 Å². The Hall–Kier alpha value is -3.00. The number of nitrogens with one attached hydrogen (secondary N) is 1. The summed E-state index contributed by atoms with van der Waals surface area (Å²) < 4.78 is 38.9. The van der Waals surface area contributed by atoms with Crippen molar-refractivity contribution < 1.29 is 32.6 Å². The third-order valence-electron chi connectivity index (χ3n) is 3.21. The molecule has 0 aliphatic rings. The van der Waals surface area contributed by atoms with Gasteiger partial charge in [0.25, 0.3) is 5.91 Å². The lowest BCUT2D eigenvalue weighted by atomic mass is 10.1. The fourth-order valence-corrected chi connectivity index (χ4v) is 2.07. The predicted molar refractivity (Wildman–Crippen MR) is 89.1 cm³/mol. The number of esters is 1. The Morgan fingerprint density at radius 2 is 1.77 bits per heavy atom. The molecular weight excluding hydrogens is 348 g/mol. The van der Waals surface area contributed by atoms with Gasteiger partial charge in [0.05, 0.1) is 17.9 Å². The van der Waals surface area contributed by atoms with Crippen molar-refractivity contribution >= 4 is 17.6 Å². The number of hydrogen-bond acceptors (Lipinski definition) is 5. The molecule has 138 valence electrons. The fraction of sp³-hybridized carbons (Fsp3) is 0.222. The van der Waals surface area contributed by atoms with Gasteiger partial charge in [0.15, 0.2) is 6.61 Å². The minimum absolute atomic E-state index is 0.0535. The molecule has 0 aromatic heterocycles. The molecule has 2 aromatic rings. The Morgan fingerprint density at radius 3 is 2.42 bits per heavy atom. The summed E-state index contributed by atoms with van der Waals surface area (Å²) in [6, 6.07) is 12.2. The van der Waals surface area contributed by atoms with Gasteiger partial charge in [-0.3, -0.25) is 4.79 Å². The van der Waals surface area contributed by atoms with E-state index in [0.717, 1.165) is 5.56 Å². The second-order valence-electron chi connectivity index (χ2n) is 5.13. The molecule has 0 aliphatic heterocycles. The molecule has 0 fully saturated rings. The molecule has 2 rings (SSSR count). The van der Waals surface area contributed by atoms with Crippen LogP contribution in [0.25, 0.3) is 0 Å². The van der Waals surface area contributed by atoms with Crippen LogP contribution in [0.2, 0.25) is 0 Å². The van der Waals surface area contributed by atoms with Gasteiger partial charge in [-0.1, -0.05) is 24.3 Å². The minimum atomic E-state index is -3.02. The minimum Gasteiger partial charge on any atom is -0.452 e. The van der Waals surface area contributed by atoms with Gasteiger partial charge in [-0.15, -0.1) is 0 Å². The van der Waals surface area contributed by atoms with E-state index in [-0.39, 0.29) is 17.0 Å². The molecule has 1 amide bonds. The van der Waals surface area contributed by atoms with Crippen molar-refractivity contribution in [2.24, 2.45) is 0 Å². The number of carbonyl (C=O) groups is 2. The normalized spacial score (nSPS) is 10.5. The number of amides is 1. The fourth-order valence-electron chi connectivity index (χ4n) is 2.07. The van der Waals surface area contributed by atoms with Crippen molar-refractivity contribution in [3.63, 3.8) is 0 Å². The summed E-state index contributed by atoms with van der Waals surface area (Å²) in [5, 5.41) is 2.36. The predicted octanol–water partition coefficient (Wildman–Crippen LogP) is 3.23. The van der Waals surface area contributed by atoms with Crippen molar-refractivity contribution in [3.8, 4) is 5.75 Å². The van der Waals surface area contributed by atoms with E-state index < -0.39 is 25.1 Å². The van der Waals surface area contributed by atoms with Crippen molar-refractivity contribution in [3.05, 3.63) is 59.7 Å². The first kappa shape index (κ1) is 19.3. The van der Waals surface area contributed by atoms with Gasteiger partial charge in [0.1, 0.15) is 5.75 Å². The van der Waals surface area contributed by atoms with E-state index in [1.54, 1.807) is 37.4 Å². The topological polar surface area (TPSA) is 73.9 Å². The van der Waals surface area contributed by atoms with Crippen LogP contribution >= 0.6 is 0 Å². The Morgan fingerprint density at radius 1 is 1.08 bits per heavy atom. The Labute approximate surface area is 148 Å². The standard InChI is InChI=1S/C18H17F2NO5/c1-24-10-12-6-8-13(9-7-12)17(23)25-11-16(22)21-14-4-2-3-5-15(14)26-18(19)20/h2-9,18H,10-11H2,1H3,(H,21,22). The number of methoxy groups -OCH3 is 1. The Bertz CT molecular complexity index is 750. The van der Waals surface area contributed by atoms with E-state index in [1.807, 2.05) is 0 Å². The molecule has 8 heteroatoms. The third kappa shape index (κ3) is 5.82. The molecule has 0 heterocycles. The molecule has 0 unspecified atom stereocenters. The molecule has 0 saturated carbocycles. The molecule has 0 aliphatic carbocycles. The van der Waals surface area contributed by atoms with Crippen LogP contribution < -0.4 is 10.1 Å². The maximum absolute atomic E-state index is 12.3. The molecule has 2 aromatic carbocycles. The molecule has 6 nitrogen and oxygen atoms in total. The molecule has 0 bridgehead atoms. The molecule has 0 spiro atoms. The summed E-state index contributed by atoms with van der Waals surface area (Å²) in [7, 11) is 1.56. The molecule has 0 radical (unpaired) electrons. The first-order valence-corrected chi connectivity index (χ1v) is 7.58. The number of ether oxygens (including phenoxy) is 3. The number of alkyl halides is 2. The SMILES string of the molecule is COCc1ccc(C(=O)OCC(=O)Nc2ccccc2OC(F)F)cc1. The number of carbonyl (C=O) groups excluding carboxylic acids is 2. The van der Waals surface area contributed by atoms with Crippen LogP contribution in [0.15, 0.2) is 48.5 Å². The molecular formula is C18H17F2NO5. The molecule has 1 N–H and O–H groups in total. The van der Waals surface area contributed by atoms with Gasteiger partial charge in [-0.2, -0.15) is 8.78 Å². The van der Waals surface area contributed by atoms with Gasteiger partial charge < -0.3 is 19.5 Å². The van der Waals surface area contributed by atoms with Crippen molar-refractivity contribution in [2.75, 3.05) is 19.0 Å². The van der Waals surface area contributed by atoms with Crippen LogP contribution in [0.5, 0.6) is 5.75 Å². The van der Waals surface area contributed by atoms with Gasteiger partial charge >= 0.3 is 12.6 Å². The van der Waals surface area contributed by atoms with Crippen LogP contribution in [0.4, 0.5) is 14.5 Å². The summed E-state index contributed by atoms with van der Waals surface area (Å²) in [6.07, 6.45) is 0. The van der Waals surface area contributed by atoms with E-state index in [1.165, 1.54) is 18.2 Å². The number of halogens is 2. The van der Waals surface area contributed by atoms with Gasteiger partial charge in [-0.25, -0.2) is 4.79 Å². The highest BCUT2D eigenvalue weighted by atomic mass is 19.3. The zero-order valence-corrected chi connectivity index (χ0v) is 13.9. The number of hydrogen-bond donors (Lipinski definition) is 1. The molecule has 0 atom stereocenters. The summed E-state index contributed by atoms with van der Waals surface area (Å²) in [6.45, 7) is -3.17. The highest BCUT2D eigenvalue weighted by molar-refractivity contribution is 5.96. The highest BCUT2D eigenvalue weighted by Crippen LogP contribution is 2.25. The summed E-state index contributed by atoms with van der Waals surface area (Å²) in [5.41, 5.74) is 1.22. The van der Waals surface area contributed by atoms with Gasteiger partial charge in [0.2, 0.25) is 0 Å². The van der Waals surface area contributed by atoms with E-state index in [9.17, 15) is 18.4 Å². The lowest BCUT2D eigenvalue weighted by Gasteiger charge is -2.11. The monoisotopic (exact) mass is 365 g/mol. The largest absolute Gasteiger partial charge is 0.452 e. The summed E-state index contributed by atoms with van der Waals surface area (Å²) >= 11 is 0. The first-order chi connectivity index (χ1) is 12.5. The zero-order valence-electron chi connectivity index (χ0n) is 13.9. The van der Waals surface area contributed by atoms with Crippen LogP contribution in [0.3, 0.4) is 0 Å². The van der Waals surface area contributed by atoms with E-state index in [0.29, 0.717) is 6.61 Å². The van der Waals surface area contributed by atoms with Crippen LogP contribution in [0, 0.1) is 0 Å². The van der Waals surface area contributed by atoms with Crippen molar-refractivity contribution in [1.82, 2.24) is 0 Å². The maximum Gasteiger partial charge on any atom is 0.387 e. The number of para-hydroxylation sites is 2. The van der Waals surface area contributed by atoms with Crippen molar-refractivity contribution in [2.45, 2.75) is 13.2 Å². The van der Waals surface area contributed by atoms with Crippen LogP contribution in [-0.4, -0.2) is 32.2 Å². The summed E-state index contributed by atoms with van der Waals surface area (Å²) in [4.78, 5) is 23.8. The maximum atomic E-state index is 12.3. The average molecular weight is 365 g/mol. The quantitative estimate of drug-likeness (QED) is 0.727. The van der Waals surface area contributed by atoms with Gasteiger partial charge in [0, 0.05) is 7.11 Å². The molecule has 0 saturated heterocycles. The summed E-state index contributed by atoms with van der Waals surface area (Å²) in [5.74, 6) is -1.54. The second kappa shape index (κ2) is 9.47. The van der Waals surface area contributed by atoms with Crippen LogP contribution in [0.1, 0.15) is 15.9 Å². The lowest BCUT2D eigenvalue weighted by Crippen LogP contribution is -2.21. The van der Waals surface area contributed by atoms with Crippen LogP contribution in [-0.2, 0) is 20.9 Å². The Balaban J connectivity index is 1.89.